The van der Waals surface area contributed by atoms with Gasteiger partial charge in [-0.25, -0.2) is 4.79 Å². The lowest BCUT2D eigenvalue weighted by atomic mass is 9.92. The van der Waals surface area contributed by atoms with Crippen molar-refractivity contribution in [1.82, 2.24) is 10.6 Å². The molecule has 0 radical (unpaired) electrons. The van der Waals surface area contributed by atoms with E-state index in [0.29, 0.717) is 6.61 Å². The maximum atomic E-state index is 12.2. The van der Waals surface area contributed by atoms with Crippen molar-refractivity contribution < 1.29 is 19.4 Å². The molecule has 114 valence electrons. The molecule has 2 aliphatic rings. The van der Waals surface area contributed by atoms with Crippen LogP contribution in [0.4, 0.5) is 4.79 Å². The summed E-state index contributed by atoms with van der Waals surface area (Å²) in [6, 6.07) is -0.277. The number of carbonyl (C=O) groups excluding carboxylic acids is 1. The SMILES string of the molecule is CC1(NC(=O)NC2(CC(=O)O)CCCC2)CCCOC1. The summed E-state index contributed by atoms with van der Waals surface area (Å²) in [6.45, 7) is 3.21. The van der Waals surface area contributed by atoms with Gasteiger partial charge < -0.3 is 20.5 Å². The van der Waals surface area contributed by atoms with E-state index >= 15 is 0 Å². The van der Waals surface area contributed by atoms with E-state index in [9.17, 15) is 9.59 Å². The van der Waals surface area contributed by atoms with Gasteiger partial charge in [0, 0.05) is 6.61 Å². The van der Waals surface area contributed by atoms with Gasteiger partial charge in [0.1, 0.15) is 0 Å². The van der Waals surface area contributed by atoms with E-state index in [0.717, 1.165) is 45.1 Å². The van der Waals surface area contributed by atoms with Crippen molar-refractivity contribution in [3.63, 3.8) is 0 Å². The quantitative estimate of drug-likeness (QED) is 0.732. The number of carboxylic acids is 1. The van der Waals surface area contributed by atoms with Crippen LogP contribution < -0.4 is 10.6 Å². The third-order valence-electron chi connectivity index (χ3n) is 4.28. The van der Waals surface area contributed by atoms with Gasteiger partial charge in [-0.3, -0.25) is 4.79 Å². The molecule has 2 fully saturated rings. The van der Waals surface area contributed by atoms with E-state index in [1.165, 1.54) is 0 Å². The third kappa shape index (κ3) is 3.85. The number of urea groups is 1. The zero-order chi connectivity index (χ0) is 14.6. The number of carbonyl (C=O) groups is 2. The number of hydrogen-bond acceptors (Lipinski definition) is 3. The van der Waals surface area contributed by atoms with Gasteiger partial charge in [0.15, 0.2) is 0 Å². The molecule has 0 bridgehead atoms. The molecule has 0 aromatic rings. The van der Waals surface area contributed by atoms with Crippen LogP contribution in [0.3, 0.4) is 0 Å². The van der Waals surface area contributed by atoms with Gasteiger partial charge in [-0.05, 0) is 32.6 Å². The molecule has 0 aromatic carbocycles. The molecule has 0 spiro atoms. The summed E-state index contributed by atoms with van der Waals surface area (Å²) >= 11 is 0. The first-order valence-corrected chi connectivity index (χ1v) is 7.33. The van der Waals surface area contributed by atoms with Crippen LogP contribution in [0.15, 0.2) is 0 Å². The molecule has 2 amide bonds. The van der Waals surface area contributed by atoms with Crippen molar-refractivity contribution in [3.05, 3.63) is 0 Å². The van der Waals surface area contributed by atoms with E-state index in [1.807, 2.05) is 6.92 Å². The summed E-state index contributed by atoms with van der Waals surface area (Å²) in [4.78, 5) is 23.2. The lowest BCUT2D eigenvalue weighted by molar-refractivity contribution is -0.138. The van der Waals surface area contributed by atoms with Crippen molar-refractivity contribution in [2.45, 2.75) is 62.9 Å². The van der Waals surface area contributed by atoms with E-state index in [2.05, 4.69) is 10.6 Å². The largest absolute Gasteiger partial charge is 0.481 e. The van der Waals surface area contributed by atoms with Crippen molar-refractivity contribution in [3.8, 4) is 0 Å². The lowest BCUT2D eigenvalue weighted by Crippen LogP contribution is -2.59. The van der Waals surface area contributed by atoms with Crippen LogP contribution in [0, 0.1) is 0 Å². The fourth-order valence-corrected chi connectivity index (χ4v) is 3.27. The lowest BCUT2D eigenvalue weighted by Gasteiger charge is -2.36. The number of rotatable bonds is 4. The first kappa shape index (κ1) is 15.1. The van der Waals surface area contributed by atoms with Gasteiger partial charge in [0.05, 0.1) is 24.1 Å². The van der Waals surface area contributed by atoms with E-state index in [-0.39, 0.29) is 18.0 Å². The highest BCUT2D eigenvalue weighted by molar-refractivity contribution is 5.77. The molecule has 1 atom stereocenters. The second-order valence-electron chi connectivity index (χ2n) is 6.35. The highest BCUT2D eigenvalue weighted by atomic mass is 16.5. The van der Waals surface area contributed by atoms with E-state index in [4.69, 9.17) is 9.84 Å². The van der Waals surface area contributed by atoms with E-state index < -0.39 is 11.5 Å². The number of carboxylic acid groups (broad SMARTS) is 1. The Bertz CT molecular complexity index is 371. The van der Waals surface area contributed by atoms with Crippen molar-refractivity contribution in [2.75, 3.05) is 13.2 Å². The average molecular weight is 284 g/mol. The Hall–Kier alpha value is -1.30. The van der Waals surface area contributed by atoms with Crippen LogP contribution in [0.25, 0.3) is 0 Å². The molecular formula is C14H24N2O4. The fourth-order valence-electron chi connectivity index (χ4n) is 3.27. The number of aliphatic carboxylic acids is 1. The standard InChI is InChI=1S/C14H24N2O4/c1-13(5-4-8-20-10-13)15-12(19)16-14(9-11(17)18)6-2-3-7-14/h2-10H2,1H3,(H,17,18)(H2,15,16,19). The molecule has 1 aliphatic heterocycles. The Morgan fingerprint density at radius 2 is 1.85 bits per heavy atom. The maximum absolute atomic E-state index is 12.2. The minimum atomic E-state index is -0.862. The summed E-state index contributed by atoms with van der Waals surface area (Å²) in [5.74, 6) is -0.862. The van der Waals surface area contributed by atoms with Crippen LogP contribution in [0.5, 0.6) is 0 Å². The first-order valence-electron chi connectivity index (χ1n) is 7.33. The van der Waals surface area contributed by atoms with Crippen molar-refractivity contribution in [1.29, 1.82) is 0 Å². The minimum absolute atomic E-state index is 0.00632. The van der Waals surface area contributed by atoms with Crippen LogP contribution in [0.2, 0.25) is 0 Å². The molecular weight excluding hydrogens is 260 g/mol. The first-order chi connectivity index (χ1) is 9.43. The molecule has 3 N–H and O–H groups in total. The molecule has 2 rings (SSSR count). The van der Waals surface area contributed by atoms with E-state index in [1.54, 1.807) is 0 Å². The average Bonchev–Trinajstić information content (AvgIpc) is 2.76. The molecule has 1 saturated heterocycles. The second kappa shape index (κ2) is 5.99. The van der Waals surface area contributed by atoms with Gasteiger partial charge in [-0.1, -0.05) is 12.8 Å². The van der Waals surface area contributed by atoms with Crippen LogP contribution in [-0.4, -0.2) is 41.4 Å². The number of amides is 2. The molecule has 1 heterocycles. The highest BCUT2D eigenvalue weighted by Crippen LogP contribution is 2.32. The molecule has 6 heteroatoms. The smallest absolute Gasteiger partial charge is 0.315 e. The Morgan fingerprint density at radius 1 is 1.15 bits per heavy atom. The molecule has 20 heavy (non-hydrogen) atoms. The number of nitrogens with one attached hydrogen (secondary N) is 2. The predicted octanol–water partition coefficient (Wildman–Crippen LogP) is 1.64. The minimum Gasteiger partial charge on any atom is -0.481 e. The molecule has 6 nitrogen and oxygen atoms in total. The Kier molecular flexibility index (Phi) is 4.52. The second-order valence-corrected chi connectivity index (χ2v) is 6.35. The van der Waals surface area contributed by atoms with Crippen LogP contribution >= 0.6 is 0 Å². The van der Waals surface area contributed by atoms with Crippen LogP contribution in [-0.2, 0) is 9.53 Å². The molecule has 0 aromatic heterocycles. The van der Waals surface area contributed by atoms with Gasteiger partial charge in [-0.15, -0.1) is 0 Å². The summed E-state index contributed by atoms with van der Waals surface area (Å²) in [7, 11) is 0. The van der Waals surface area contributed by atoms with Gasteiger partial charge in [0.25, 0.3) is 0 Å². The van der Waals surface area contributed by atoms with Gasteiger partial charge in [-0.2, -0.15) is 0 Å². The fraction of sp³-hybridized carbons (Fsp3) is 0.857. The summed E-state index contributed by atoms with van der Waals surface area (Å²) in [5.41, 5.74) is -0.937. The van der Waals surface area contributed by atoms with Crippen LogP contribution in [0.1, 0.15) is 51.9 Å². The molecule has 1 unspecified atom stereocenters. The van der Waals surface area contributed by atoms with Crippen molar-refractivity contribution in [2.24, 2.45) is 0 Å². The maximum Gasteiger partial charge on any atom is 0.315 e. The number of ether oxygens (including phenoxy) is 1. The summed E-state index contributed by atoms with van der Waals surface area (Å²) < 4.78 is 5.41. The van der Waals surface area contributed by atoms with Gasteiger partial charge in [0.2, 0.25) is 0 Å². The zero-order valence-electron chi connectivity index (χ0n) is 12.0. The van der Waals surface area contributed by atoms with Gasteiger partial charge >= 0.3 is 12.0 Å². The Balaban J connectivity index is 1.93. The summed E-state index contributed by atoms with van der Waals surface area (Å²) in [5, 5.41) is 14.9. The highest BCUT2D eigenvalue weighted by Gasteiger charge is 2.39. The Labute approximate surface area is 119 Å². The predicted molar refractivity (Wildman–Crippen MR) is 73.6 cm³/mol. The monoisotopic (exact) mass is 284 g/mol. The van der Waals surface area contributed by atoms with Crippen molar-refractivity contribution >= 4 is 12.0 Å². The Morgan fingerprint density at radius 3 is 2.40 bits per heavy atom. The molecule has 1 aliphatic carbocycles. The topological polar surface area (TPSA) is 87.7 Å². The molecule has 1 saturated carbocycles. The zero-order valence-corrected chi connectivity index (χ0v) is 12.0. The third-order valence-corrected chi connectivity index (χ3v) is 4.28. The summed E-state index contributed by atoms with van der Waals surface area (Å²) in [6.07, 6.45) is 5.21. The normalized spacial score (nSPS) is 28.9. The number of hydrogen-bond donors (Lipinski definition) is 3.